The molecular formula is C24H20ClNO3. The van der Waals surface area contributed by atoms with Crippen LogP contribution in [0.1, 0.15) is 42.1 Å². The molecule has 0 aliphatic rings. The zero-order valence-corrected chi connectivity index (χ0v) is 16.9. The van der Waals surface area contributed by atoms with Crippen LogP contribution in [0.15, 0.2) is 65.1 Å². The lowest BCUT2D eigenvalue weighted by molar-refractivity contribution is 0.0699. The molecule has 4 aromatic rings. The van der Waals surface area contributed by atoms with Gasteiger partial charge in [-0.15, -0.1) is 0 Å². The summed E-state index contributed by atoms with van der Waals surface area (Å²) in [6.45, 7) is 4.38. The van der Waals surface area contributed by atoms with Gasteiger partial charge in [0.15, 0.2) is 5.76 Å². The van der Waals surface area contributed by atoms with E-state index in [0.29, 0.717) is 39.1 Å². The minimum absolute atomic E-state index is 0.142. The maximum Gasteiger partial charge on any atom is 0.336 e. The second-order valence-electron chi connectivity index (χ2n) is 7.12. The molecule has 2 aromatic heterocycles. The van der Waals surface area contributed by atoms with Gasteiger partial charge in [0.1, 0.15) is 11.5 Å². The predicted molar refractivity (Wildman–Crippen MR) is 116 cm³/mol. The van der Waals surface area contributed by atoms with E-state index in [2.05, 4.69) is 31.0 Å². The van der Waals surface area contributed by atoms with Crippen molar-refractivity contribution in [2.45, 2.75) is 26.2 Å². The number of carboxylic acid groups (broad SMARTS) is 1. The number of aromatic carboxylic acids is 1. The smallest absolute Gasteiger partial charge is 0.336 e. The molecule has 0 saturated carbocycles. The maximum atomic E-state index is 11.7. The number of hydrogen-bond donors (Lipinski definition) is 1. The second-order valence-corrected chi connectivity index (χ2v) is 7.55. The Morgan fingerprint density at radius 2 is 1.79 bits per heavy atom. The van der Waals surface area contributed by atoms with Crippen LogP contribution in [0.4, 0.5) is 0 Å². The minimum Gasteiger partial charge on any atom is -0.478 e. The van der Waals surface area contributed by atoms with E-state index in [9.17, 15) is 9.90 Å². The van der Waals surface area contributed by atoms with Gasteiger partial charge in [-0.3, -0.25) is 0 Å². The fourth-order valence-corrected chi connectivity index (χ4v) is 3.52. The van der Waals surface area contributed by atoms with Crippen LogP contribution in [0, 0.1) is 0 Å². The normalized spacial score (nSPS) is 12.2. The Bertz CT molecular complexity index is 1190. The zero-order valence-electron chi connectivity index (χ0n) is 16.1. The fourth-order valence-electron chi connectivity index (χ4n) is 3.34. The molecule has 5 heteroatoms. The molecule has 0 fully saturated rings. The molecule has 1 unspecified atom stereocenters. The first kappa shape index (κ1) is 19.2. The first-order chi connectivity index (χ1) is 14.0. The Kier molecular flexibility index (Phi) is 5.12. The van der Waals surface area contributed by atoms with Crippen molar-refractivity contribution in [2.24, 2.45) is 0 Å². The lowest BCUT2D eigenvalue weighted by atomic mass is 9.97. The molecule has 0 bridgehead atoms. The van der Waals surface area contributed by atoms with Gasteiger partial charge in [-0.25, -0.2) is 9.78 Å². The zero-order chi connectivity index (χ0) is 20.5. The third-order valence-corrected chi connectivity index (χ3v) is 5.47. The highest BCUT2D eigenvalue weighted by atomic mass is 35.5. The molecule has 0 aliphatic carbocycles. The largest absolute Gasteiger partial charge is 0.478 e. The quantitative estimate of drug-likeness (QED) is 0.387. The molecule has 29 heavy (non-hydrogen) atoms. The second kappa shape index (κ2) is 7.72. The molecule has 0 amide bonds. The predicted octanol–water partition coefficient (Wildman–Crippen LogP) is 7.03. The topological polar surface area (TPSA) is 63.3 Å². The summed E-state index contributed by atoms with van der Waals surface area (Å²) >= 11 is 6.02. The number of rotatable bonds is 5. The molecular weight excluding hydrogens is 386 g/mol. The highest BCUT2D eigenvalue weighted by Crippen LogP contribution is 2.32. The minimum atomic E-state index is -1.03. The van der Waals surface area contributed by atoms with E-state index in [-0.39, 0.29) is 5.56 Å². The highest BCUT2D eigenvalue weighted by Gasteiger charge is 2.16. The summed E-state index contributed by atoms with van der Waals surface area (Å²) in [5.41, 5.74) is 3.43. The number of nitrogens with zero attached hydrogens (tertiary/aromatic N) is 1. The Morgan fingerprint density at radius 3 is 2.48 bits per heavy atom. The van der Waals surface area contributed by atoms with Gasteiger partial charge < -0.3 is 9.52 Å². The van der Waals surface area contributed by atoms with Crippen LogP contribution in [-0.2, 0) is 0 Å². The molecule has 0 aliphatic heterocycles. The number of furan rings is 1. The van der Waals surface area contributed by atoms with Crippen LogP contribution >= 0.6 is 11.6 Å². The summed E-state index contributed by atoms with van der Waals surface area (Å²) in [7, 11) is 0. The van der Waals surface area contributed by atoms with Gasteiger partial charge >= 0.3 is 5.97 Å². The van der Waals surface area contributed by atoms with E-state index in [1.165, 1.54) is 11.6 Å². The number of hydrogen-bond acceptors (Lipinski definition) is 3. The molecule has 0 saturated heterocycles. The Morgan fingerprint density at radius 1 is 1.07 bits per heavy atom. The maximum absolute atomic E-state index is 11.7. The number of fused-ring (bicyclic) bond motifs is 1. The standard InChI is InChI=1S/C24H20ClNO3/c1-3-14(2)15-4-6-16(7-5-15)22-10-11-23(29-22)21-13-19(24(27)28)18-12-17(25)8-9-20(18)26-21/h4-14H,3H2,1-2H3,(H,27,28). The van der Waals surface area contributed by atoms with E-state index in [1.807, 2.05) is 24.3 Å². The van der Waals surface area contributed by atoms with Gasteiger partial charge in [-0.05, 0) is 54.3 Å². The SMILES string of the molecule is CCC(C)c1ccc(-c2ccc(-c3cc(C(=O)O)c4cc(Cl)ccc4n3)o2)cc1. The summed E-state index contributed by atoms with van der Waals surface area (Å²) < 4.78 is 6.01. The van der Waals surface area contributed by atoms with E-state index in [0.717, 1.165) is 12.0 Å². The van der Waals surface area contributed by atoms with Crippen molar-refractivity contribution in [2.75, 3.05) is 0 Å². The van der Waals surface area contributed by atoms with Crippen molar-refractivity contribution >= 4 is 28.5 Å². The van der Waals surface area contributed by atoms with Crippen LogP contribution in [-0.4, -0.2) is 16.1 Å². The molecule has 2 aromatic carbocycles. The Hall–Kier alpha value is -3.11. The third-order valence-electron chi connectivity index (χ3n) is 5.24. The van der Waals surface area contributed by atoms with Crippen molar-refractivity contribution < 1.29 is 14.3 Å². The summed E-state index contributed by atoms with van der Waals surface area (Å²) in [4.78, 5) is 16.3. The number of carboxylic acids is 1. The van der Waals surface area contributed by atoms with Gasteiger partial charge in [0, 0.05) is 16.0 Å². The molecule has 4 nitrogen and oxygen atoms in total. The highest BCUT2D eigenvalue weighted by molar-refractivity contribution is 6.31. The molecule has 2 heterocycles. The molecule has 146 valence electrons. The van der Waals surface area contributed by atoms with Crippen molar-refractivity contribution in [3.63, 3.8) is 0 Å². The van der Waals surface area contributed by atoms with Crippen LogP contribution in [0.25, 0.3) is 33.7 Å². The number of halogens is 1. The lowest BCUT2D eigenvalue weighted by Crippen LogP contribution is -2.00. The lowest BCUT2D eigenvalue weighted by Gasteiger charge is -2.09. The number of carbonyl (C=O) groups is 1. The van der Waals surface area contributed by atoms with Crippen molar-refractivity contribution in [3.8, 4) is 22.8 Å². The molecule has 1 N–H and O–H groups in total. The van der Waals surface area contributed by atoms with Crippen molar-refractivity contribution in [1.82, 2.24) is 4.98 Å². The monoisotopic (exact) mass is 405 g/mol. The average molecular weight is 406 g/mol. The summed E-state index contributed by atoms with van der Waals surface area (Å²) in [5.74, 6) is 0.713. The van der Waals surface area contributed by atoms with Crippen molar-refractivity contribution in [1.29, 1.82) is 0 Å². The first-order valence-electron chi connectivity index (χ1n) is 9.50. The summed E-state index contributed by atoms with van der Waals surface area (Å²) in [6, 6.07) is 18.6. The Balaban J connectivity index is 1.73. The van der Waals surface area contributed by atoms with Gasteiger partial charge in [-0.2, -0.15) is 0 Å². The summed E-state index contributed by atoms with van der Waals surface area (Å²) in [6.07, 6.45) is 1.09. The Labute approximate surface area is 173 Å². The van der Waals surface area contributed by atoms with Gasteiger partial charge in [0.2, 0.25) is 0 Å². The van der Waals surface area contributed by atoms with Gasteiger partial charge in [0.25, 0.3) is 0 Å². The first-order valence-corrected chi connectivity index (χ1v) is 9.88. The van der Waals surface area contributed by atoms with E-state index in [4.69, 9.17) is 16.0 Å². The van der Waals surface area contributed by atoms with E-state index in [1.54, 1.807) is 18.2 Å². The van der Waals surface area contributed by atoms with Gasteiger partial charge in [0.05, 0.1) is 11.1 Å². The average Bonchev–Trinajstić information content (AvgIpc) is 3.22. The number of pyridine rings is 1. The number of aromatic nitrogens is 1. The number of benzene rings is 2. The van der Waals surface area contributed by atoms with E-state index < -0.39 is 5.97 Å². The van der Waals surface area contributed by atoms with Crippen molar-refractivity contribution in [3.05, 3.63) is 76.8 Å². The van der Waals surface area contributed by atoms with Crippen LogP contribution in [0.3, 0.4) is 0 Å². The third kappa shape index (κ3) is 3.76. The molecule has 0 radical (unpaired) electrons. The van der Waals surface area contributed by atoms with Crippen LogP contribution < -0.4 is 0 Å². The van der Waals surface area contributed by atoms with Crippen LogP contribution in [0.2, 0.25) is 5.02 Å². The summed E-state index contributed by atoms with van der Waals surface area (Å²) in [5, 5.41) is 10.6. The molecule has 4 rings (SSSR count). The molecule has 0 spiro atoms. The molecule has 1 atom stereocenters. The van der Waals surface area contributed by atoms with Crippen LogP contribution in [0.5, 0.6) is 0 Å². The van der Waals surface area contributed by atoms with E-state index >= 15 is 0 Å². The van der Waals surface area contributed by atoms with Gasteiger partial charge in [-0.1, -0.05) is 49.7 Å². The fraction of sp³-hybridized carbons (Fsp3) is 0.167.